The van der Waals surface area contributed by atoms with Crippen molar-refractivity contribution >= 4 is 58.1 Å². The lowest BCUT2D eigenvalue weighted by atomic mass is 10.2. The van der Waals surface area contributed by atoms with Gasteiger partial charge in [0.1, 0.15) is 5.71 Å². The Labute approximate surface area is 125 Å². The number of rotatable bonds is 5. The van der Waals surface area contributed by atoms with Crippen molar-refractivity contribution < 1.29 is 9.63 Å². The fraction of sp³-hybridized carbons (Fsp3) is 0.273. The fourth-order valence-corrected chi connectivity index (χ4v) is 1.99. The van der Waals surface area contributed by atoms with Crippen LogP contribution in [0.5, 0.6) is 0 Å². The molecule has 0 aromatic heterocycles. The van der Waals surface area contributed by atoms with E-state index in [1.165, 1.54) is 0 Å². The molecule has 0 aliphatic heterocycles. The number of halogens is 4. The van der Waals surface area contributed by atoms with E-state index in [9.17, 15) is 4.79 Å². The average molecular weight is 329 g/mol. The van der Waals surface area contributed by atoms with Gasteiger partial charge < -0.3 is 4.84 Å². The molecule has 3 nitrogen and oxygen atoms in total. The van der Waals surface area contributed by atoms with Crippen molar-refractivity contribution in [2.45, 2.75) is 16.1 Å². The molecule has 1 rings (SSSR count). The number of hydrogen-bond acceptors (Lipinski definition) is 3. The van der Waals surface area contributed by atoms with Crippen LogP contribution in [0.3, 0.4) is 0 Å². The standard InChI is InChI=1S/C11H9Cl4NO2/c12-10(13)9(11(14)15)16-18-8(17)6-7-4-2-1-3-5-7/h1-5,10-11H,6H2. The molecule has 0 unspecified atom stereocenters. The van der Waals surface area contributed by atoms with Gasteiger partial charge in [-0.3, -0.25) is 0 Å². The summed E-state index contributed by atoms with van der Waals surface area (Å²) >= 11 is 22.2. The highest BCUT2D eigenvalue weighted by Gasteiger charge is 2.19. The Bertz CT molecular complexity index is 410. The molecule has 0 heterocycles. The Morgan fingerprint density at radius 3 is 2.17 bits per heavy atom. The summed E-state index contributed by atoms with van der Waals surface area (Å²) in [6.45, 7) is 0. The predicted molar refractivity (Wildman–Crippen MR) is 74.7 cm³/mol. The molecule has 0 radical (unpaired) electrons. The molecule has 0 aliphatic carbocycles. The molecule has 1 aromatic rings. The summed E-state index contributed by atoms with van der Waals surface area (Å²) in [6.07, 6.45) is 0.0854. The van der Waals surface area contributed by atoms with Crippen LogP contribution in [0.2, 0.25) is 0 Å². The first-order valence-electron chi connectivity index (χ1n) is 4.88. The molecule has 0 atom stereocenters. The minimum Gasteiger partial charge on any atom is -0.318 e. The maximum absolute atomic E-state index is 11.5. The van der Waals surface area contributed by atoms with Gasteiger partial charge in [-0.2, -0.15) is 0 Å². The minimum absolute atomic E-state index is 0.0249. The number of alkyl halides is 4. The summed E-state index contributed by atoms with van der Waals surface area (Å²) < 4.78 is 0. The monoisotopic (exact) mass is 327 g/mol. The van der Waals surface area contributed by atoms with Gasteiger partial charge in [-0.1, -0.05) is 81.9 Å². The molecule has 7 heteroatoms. The third-order valence-corrected chi connectivity index (χ3v) is 2.79. The average Bonchev–Trinajstić information content (AvgIpc) is 2.29. The minimum atomic E-state index is -1.03. The van der Waals surface area contributed by atoms with Gasteiger partial charge in [0.25, 0.3) is 0 Å². The molecule has 0 saturated carbocycles. The molecular formula is C11H9Cl4NO2. The van der Waals surface area contributed by atoms with Crippen LogP contribution in [0.4, 0.5) is 0 Å². The molecule has 0 amide bonds. The topological polar surface area (TPSA) is 38.7 Å². The number of carbonyl (C=O) groups is 1. The van der Waals surface area contributed by atoms with Crippen LogP contribution < -0.4 is 0 Å². The predicted octanol–water partition coefficient (Wildman–Crippen LogP) is 3.74. The first kappa shape index (κ1) is 15.6. The lowest BCUT2D eigenvalue weighted by molar-refractivity contribution is -0.142. The SMILES string of the molecule is O=C(Cc1ccccc1)ON=C(C(Cl)Cl)C(Cl)Cl. The highest BCUT2D eigenvalue weighted by molar-refractivity contribution is 6.64. The Morgan fingerprint density at radius 2 is 1.67 bits per heavy atom. The number of carbonyl (C=O) groups excluding carboxylic acids is 1. The van der Waals surface area contributed by atoms with Crippen LogP contribution in [0.15, 0.2) is 35.5 Å². The van der Waals surface area contributed by atoms with E-state index in [0.717, 1.165) is 5.56 Å². The van der Waals surface area contributed by atoms with Gasteiger partial charge in [0.05, 0.1) is 6.42 Å². The zero-order chi connectivity index (χ0) is 13.5. The summed E-state index contributed by atoms with van der Waals surface area (Å²) in [6, 6.07) is 9.08. The molecule has 98 valence electrons. The Kier molecular flexibility index (Phi) is 6.79. The van der Waals surface area contributed by atoms with Crippen molar-refractivity contribution in [2.75, 3.05) is 0 Å². The van der Waals surface area contributed by atoms with Crippen molar-refractivity contribution in [3.8, 4) is 0 Å². The van der Waals surface area contributed by atoms with Crippen molar-refractivity contribution in [1.29, 1.82) is 0 Å². The third kappa shape index (κ3) is 5.44. The Morgan fingerprint density at radius 1 is 1.11 bits per heavy atom. The van der Waals surface area contributed by atoms with Crippen LogP contribution >= 0.6 is 46.4 Å². The first-order valence-corrected chi connectivity index (χ1v) is 6.63. The smallest absolute Gasteiger partial charge is 0.318 e. The molecule has 0 saturated heterocycles. The van der Waals surface area contributed by atoms with E-state index < -0.39 is 15.6 Å². The van der Waals surface area contributed by atoms with Gasteiger partial charge in [0, 0.05) is 0 Å². The van der Waals surface area contributed by atoms with E-state index in [1.54, 1.807) is 12.1 Å². The Balaban J connectivity index is 2.57. The molecule has 0 spiro atoms. The number of oxime groups is 1. The normalized spacial score (nSPS) is 10.6. The zero-order valence-corrected chi connectivity index (χ0v) is 12.0. The highest BCUT2D eigenvalue weighted by atomic mass is 35.5. The zero-order valence-electron chi connectivity index (χ0n) is 9.02. The summed E-state index contributed by atoms with van der Waals surface area (Å²) in [5, 5.41) is 3.46. The van der Waals surface area contributed by atoms with Gasteiger partial charge in [0.2, 0.25) is 0 Å². The van der Waals surface area contributed by atoms with Gasteiger partial charge in [-0.15, -0.1) is 0 Å². The van der Waals surface area contributed by atoms with Crippen LogP contribution in [0.25, 0.3) is 0 Å². The molecule has 1 aromatic carbocycles. The van der Waals surface area contributed by atoms with Crippen LogP contribution in [0.1, 0.15) is 5.56 Å². The largest absolute Gasteiger partial charge is 0.339 e. The van der Waals surface area contributed by atoms with E-state index in [1.807, 2.05) is 18.2 Å². The second-order valence-corrected chi connectivity index (χ2v) is 5.44. The number of benzene rings is 1. The Hall–Kier alpha value is -0.480. The molecular weight excluding hydrogens is 320 g/mol. The lowest BCUT2D eigenvalue weighted by Crippen LogP contribution is -2.18. The third-order valence-electron chi connectivity index (χ3n) is 1.89. The van der Waals surface area contributed by atoms with Gasteiger partial charge in [0.15, 0.2) is 9.67 Å². The van der Waals surface area contributed by atoms with Crippen molar-refractivity contribution in [3.05, 3.63) is 35.9 Å². The van der Waals surface area contributed by atoms with E-state index in [2.05, 4.69) is 9.99 Å². The second kappa shape index (κ2) is 7.85. The van der Waals surface area contributed by atoms with Crippen LogP contribution in [-0.4, -0.2) is 21.4 Å². The summed E-state index contributed by atoms with van der Waals surface area (Å²) in [7, 11) is 0. The fourth-order valence-electron chi connectivity index (χ4n) is 1.07. The van der Waals surface area contributed by atoms with E-state index in [0.29, 0.717) is 0 Å². The number of nitrogens with zero attached hydrogens (tertiary/aromatic N) is 1. The van der Waals surface area contributed by atoms with Crippen molar-refractivity contribution in [2.24, 2.45) is 5.16 Å². The molecule has 0 bridgehead atoms. The maximum Gasteiger partial charge on any atom is 0.339 e. The molecule has 18 heavy (non-hydrogen) atoms. The first-order chi connectivity index (χ1) is 8.50. The molecule has 0 aliphatic rings. The maximum atomic E-state index is 11.5. The molecule has 0 fully saturated rings. The van der Waals surface area contributed by atoms with Gasteiger partial charge >= 0.3 is 5.97 Å². The van der Waals surface area contributed by atoms with E-state index in [-0.39, 0.29) is 12.1 Å². The molecule has 0 N–H and O–H groups in total. The van der Waals surface area contributed by atoms with Crippen LogP contribution in [0, 0.1) is 0 Å². The lowest BCUT2D eigenvalue weighted by Gasteiger charge is -2.06. The quantitative estimate of drug-likeness (QED) is 0.357. The highest BCUT2D eigenvalue weighted by Crippen LogP contribution is 2.15. The summed E-state index contributed by atoms with van der Waals surface area (Å²) in [5.74, 6) is -0.554. The van der Waals surface area contributed by atoms with E-state index >= 15 is 0 Å². The van der Waals surface area contributed by atoms with Gasteiger partial charge in [-0.25, -0.2) is 4.79 Å². The van der Waals surface area contributed by atoms with E-state index in [4.69, 9.17) is 46.4 Å². The second-order valence-electron chi connectivity index (χ2n) is 3.24. The van der Waals surface area contributed by atoms with Crippen molar-refractivity contribution in [1.82, 2.24) is 0 Å². The summed E-state index contributed by atoms with van der Waals surface area (Å²) in [4.78, 5) is 14.0. The van der Waals surface area contributed by atoms with Crippen LogP contribution in [-0.2, 0) is 16.1 Å². The van der Waals surface area contributed by atoms with Crippen molar-refractivity contribution in [3.63, 3.8) is 0 Å². The number of hydrogen-bond donors (Lipinski definition) is 0. The summed E-state index contributed by atoms with van der Waals surface area (Å²) in [5.41, 5.74) is 0.781. The van der Waals surface area contributed by atoms with Gasteiger partial charge in [-0.05, 0) is 5.56 Å².